The molecule has 0 atom stereocenters. The molecule has 28 heavy (non-hydrogen) atoms. The third-order valence-corrected chi connectivity index (χ3v) is 5.16. The summed E-state index contributed by atoms with van der Waals surface area (Å²) in [5.41, 5.74) is 7.85. The minimum absolute atomic E-state index is 0.229. The highest BCUT2D eigenvalue weighted by Gasteiger charge is 2.07. The summed E-state index contributed by atoms with van der Waals surface area (Å²) in [6.07, 6.45) is 0. The molecule has 0 aromatic heterocycles. The minimum atomic E-state index is -0.657. The molecule has 0 saturated heterocycles. The van der Waals surface area contributed by atoms with E-state index in [0.29, 0.717) is 16.9 Å². The molecule has 3 rings (SSSR count). The SMILES string of the molecule is NC(=O)Nc1cccc(NC(=O)c2ccc(CSc3ccc(Cl)cc3)cc2)c1. The summed E-state index contributed by atoms with van der Waals surface area (Å²) in [6.45, 7) is 0. The molecule has 142 valence electrons. The molecule has 0 unspecified atom stereocenters. The summed E-state index contributed by atoms with van der Waals surface area (Å²) >= 11 is 7.60. The van der Waals surface area contributed by atoms with Crippen LogP contribution in [0.5, 0.6) is 0 Å². The number of primary amides is 1. The number of halogens is 1. The first-order valence-electron chi connectivity index (χ1n) is 8.45. The van der Waals surface area contributed by atoms with Gasteiger partial charge in [-0.2, -0.15) is 0 Å². The van der Waals surface area contributed by atoms with Gasteiger partial charge in [0.05, 0.1) is 0 Å². The van der Waals surface area contributed by atoms with E-state index in [9.17, 15) is 9.59 Å². The highest BCUT2D eigenvalue weighted by atomic mass is 35.5. The molecule has 0 fully saturated rings. The van der Waals surface area contributed by atoms with Gasteiger partial charge in [-0.25, -0.2) is 4.79 Å². The maximum absolute atomic E-state index is 12.4. The molecular formula is C21H18ClN3O2S. The van der Waals surface area contributed by atoms with Gasteiger partial charge in [-0.3, -0.25) is 4.79 Å². The first-order valence-corrected chi connectivity index (χ1v) is 9.81. The van der Waals surface area contributed by atoms with E-state index >= 15 is 0 Å². The van der Waals surface area contributed by atoms with Crippen LogP contribution in [0.2, 0.25) is 5.02 Å². The lowest BCUT2D eigenvalue weighted by atomic mass is 10.1. The van der Waals surface area contributed by atoms with Crippen LogP contribution in [0.25, 0.3) is 0 Å². The van der Waals surface area contributed by atoms with Crippen LogP contribution >= 0.6 is 23.4 Å². The van der Waals surface area contributed by atoms with Crippen LogP contribution in [-0.4, -0.2) is 11.9 Å². The zero-order valence-corrected chi connectivity index (χ0v) is 16.4. The van der Waals surface area contributed by atoms with E-state index in [4.69, 9.17) is 17.3 Å². The Bertz CT molecular complexity index is 976. The normalized spacial score (nSPS) is 10.3. The van der Waals surface area contributed by atoms with Crippen molar-refractivity contribution in [1.29, 1.82) is 0 Å². The second-order valence-electron chi connectivity index (χ2n) is 5.96. The molecule has 0 radical (unpaired) electrons. The fourth-order valence-electron chi connectivity index (χ4n) is 2.47. The maximum Gasteiger partial charge on any atom is 0.316 e. The number of amides is 3. The quantitative estimate of drug-likeness (QED) is 0.476. The van der Waals surface area contributed by atoms with Crippen molar-refractivity contribution in [1.82, 2.24) is 0 Å². The fraction of sp³-hybridized carbons (Fsp3) is 0.0476. The number of hydrogen-bond acceptors (Lipinski definition) is 3. The Morgan fingerprint density at radius 3 is 2.18 bits per heavy atom. The van der Waals surface area contributed by atoms with E-state index in [1.54, 1.807) is 48.2 Å². The third-order valence-electron chi connectivity index (χ3n) is 3.82. The molecule has 0 aliphatic heterocycles. The minimum Gasteiger partial charge on any atom is -0.351 e. The van der Waals surface area contributed by atoms with Crippen molar-refractivity contribution in [3.8, 4) is 0 Å². The molecule has 4 N–H and O–H groups in total. The maximum atomic E-state index is 12.4. The fourth-order valence-corrected chi connectivity index (χ4v) is 3.45. The molecule has 3 aromatic rings. The molecule has 3 amide bonds. The van der Waals surface area contributed by atoms with E-state index in [0.717, 1.165) is 21.2 Å². The average molecular weight is 412 g/mol. The van der Waals surface area contributed by atoms with Crippen molar-refractivity contribution in [3.63, 3.8) is 0 Å². The van der Waals surface area contributed by atoms with Gasteiger partial charge in [0.15, 0.2) is 0 Å². The second-order valence-corrected chi connectivity index (χ2v) is 7.45. The van der Waals surface area contributed by atoms with Crippen LogP contribution in [0.3, 0.4) is 0 Å². The van der Waals surface area contributed by atoms with Crippen molar-refractivity contribution in [2.45, 2.75) is 10.6 Å². The lowest BCUT2D eigenvalue weighted by Crippen LogP contribution is -2.19. The van der Waals surface area contributed by atoms with Gasteiger partial charge in [-0.1, -0.05) is 29.8 Å². The zero-order chi connectivity index (χ0) is 19.9. The summed E-state index contributed by atoms with van der Waals surface area (Å²) in [7, 11) is 0. The van der Waals surface area contributed by atoms with Gasteiger partial charge in [-0.15, -0.1) is 11.8 Å². The Kier molecular flexibility index (Phi) is 6.57. The largest absolute Gasteiger partial charge is 0.351 e. The number of urea groups is 1. The molecule has 0 spiro atoms. The third kappa shape index (κ3) is 5.77. The van der Waals surface area contributed by atoms with Gasteiger partial charge < -0.3 is 16.4 Å². The Morgan fingerprint density at radius 2 is 1.54 bits per heavy atom. The summed E-state index contributed by atoms with van der Waals surface area (Å²) in [4.78, 5) is 24.5. The molecule has 0 aliphatic rings. The number of carbonyl (C=O) groups excluding carboxylic acids is 2. The van der Waals surface area contributed by atoms with Crippen molar-refractivity contribution in [2.24, 2.45) is 5.73 Å². The average Bonchev–Trinajstić information content (AvgIpc) is 2.68. The van der Waals surface area contributed by atoms with Gasteiger partial charge in [0.2, 0.25) is 0 Å². The first-order chi connectivity index (χ1) is 13.5. The van der Waals surface area contributed by atoms with Crippen LogP contribution in [0.1, 0.15) is 15.9 Å². The van der Waals surface area contributed by atoms with E-state index in [2.05, 4.69) is 10.6 Å². The van der Waals surface area contributed by atoms with E-state index in [-0.39, 0.29) is 5.91 Å². The molecule has 7 heteroatoms. The van der Waals surface area contributed by atoms with Crippen molar-refractivity contribution < 1.29 is 9.59 Å². The Morgan fingerprint density at radius 1 is 0.893 bits per heavy atom. The van der Waals surface area contributed by atoms with E-state index in [1.165, 1.54) is 0 Å². The zero-order valence-electron chi connectivity index (χ0n) is 14.8. The van der Waals surface area contributed by atoms with Crippen LogP contribution in [0.4, 0.5) is 16.2 Å². The molecule has 0 heterocycles. The van der Waals surface area contributed by atoms with Crippen LogP contribution < -0.4 is 16.4 Å². The van der Waals surface area contributed by atoms with Crippen molar-refractivity contribution in [3.05, 3.63) is 88.9 Å². The summed E-state index contributed by atoms with van der Waals surface area (Å²) in [5.74, 6) is 0.567. The standard InChI is InChI=1S/C21H18ClN3O2S/c22-16-8-10-19(11-9-16)28-13-14-4-6-15(7-5-14)20(26)24-17-2-1-3-18(12-17)25-21(23)27/h1-12H,13H2,(H,24,26)(H3,23,25,27). The predicted octanol–water partition coefficient (Wildman–Crippen LogP) is 5.38. The molecule has 0 bridgehead atoms. The number of anilines is 2. The second kappa shape index (κ2) is 9.30. The summed E-state index contributed by atoms with van der Waals surface area (Å²) in [6, 6.07) is 21.3. The Balaban J connectivity index is 1.59. The highest BCUT2D eigenvalue weighted by Crippen LogP contribution is 2.24. The number of thioether (sulfide) groups is 1. The smallest absolute Gasteiger partial charge is 0.316 e. The molecule has 0 aliphatic carbocycles. The highest BCUT2D eigenvalue weighted by molar-refractivity contribution is 7.98. The first kappa shape index (κ1) is 19.8. The molecular weight excluding hydrogens is 394 g/mol. The van der Waals surface area contributed by atoms with E-state index in [1.807, 2.05) is 36.4 Å². The van der Waals surface area contributed by atoms with E-state index < -0.39 is 6.03 Å². The van der Waals surface area contributed by atoms with Crippen LogP contribution in [0.15, 0.2) is 77.7 Å². The van der Waals surface area contributed by atoms with Gasteiger partial charge in [0, 0.05) is 32.6 Å². The van der Waals surface area contributed by atoms with Gasteiger partial charge >= 0.3 is 6.03 Å². The number of nitrogens with two attached hydrogens (primary N) is 1. The number of rotatable bonds is 6. The lowest BCUT2D eigenvalue weighted by Gasteiger charge is -2.08. The summed E-state index contributed by atoms with van der Waals surface area (Å²) in [5, 5.41) is 6.00. The predicted molar refractivity (Wildman–Crippen MR) is 115 cm³/mol. The van der Waals surface area contributed by atoms with Crippen LogP contribution in [0, 0.1) is 0 Å². The number of carbonyl (C=O) groups is 2. The van der Waals surface area contributed by atoms with Crippen LogP contribution in [-0.2, 0) is 5.75 Å². The molecule has 0 saturated carbocycles. The lowest BCUT2D eigenvalue weighted by molar-refractivity contribution is 0.102. The van der Waals surface area contributed by atoms with Gasteiger partial charge in [0.1, 0.15) is 0 Å². The topological polar surface area (TPSA) is 84.2 Å². The van der Waals surface area contributed by atoms with Gasteiger partial charge in [0.25, 0.3) is 5.91 Å². The number of nitrogens with one attached hydrogen (secondary N) is 2. The molecule has 5 nitrogen and oxygen atoms in total. The van der Waals surface area contributed by atoms with Crippen molar-refractivity contribution >= 4 is 46.7 Å². The van der Waals surface area contributed by atoms with Gasteiger partial charge in [-0.05, 0) is 60.2 Å². The summed E-state index contributed by atoms with van der Waals surface area (Å²) < 4.78 is 0. The Labute approximate surface area is 172 Å². The number of benzene rings is 3. The monoisotopic (exact) mass is 411 g/mol. The Hall–Kier alpha value is -2.96. The number of hydrogen-bond donors (Lipinski definition) is 3. The van der Waals surface area contributed by atoms with Crippen molar-refractivity contribution in [2.75, 3.05) is 10.6 Å². The molecule has 3 aromatic carbocycles.